The number of nitrogens with one attached hydrogen (secondary N) is 1. The molecular formula is C15H23N3O2S. The molecule has 1 aliphatic rings. The quantitative estimate of drug-likeness (QED) is 0.768. The van der Waals surface area contributed by atoms with E-state index in [1.807, 2.05) is 11.8 Å². The number of carbonyl (C=O) groups excluding carboxylic acids is 1. The number of carbonyl (C=O) groups is 1. The molecule has 6 heteroatoms. The zero-order chi connectivity index (χ0) is 15.1. The number of hydrogen-bond acceptors (Lipinski definition) is 5. The van der Waals surface area contributed by atoms with Crippen LogP contribution in [0.3, 0.4) is 0 Å². The van der Waals surface area contributed by atoms with Crippen LogP contribution in [0.15, 0.2) is 24.5 Å². The van der Waals surface area contributed by atoms with Crippen molar-refractivity contribution >= 4 is 17.7 Å². The maximum Gasteiger partial charge on any atom is 0.251 e. The highest BCUT2D eigenvalue weighted by molar-refractivity contribution is 7.98. The van der Waals surface area contributed by atoms with Crippen molar-refractivity contribution in [1.82, 2.24) is 15.2 Å². The lowest BCUT2D eigenvalue weighted by molar-refractivity contribution is 0.0381. The summed E-state index contributed by atoms with van der Waals surface area (Å²) in [6.45, 7) is 2.57. The molecule has 21 heavy (non-hydrogen) atoms. The predicted octanol–water partition coefficient (Wildman–Crippen LogP) is 1.000. The standard InChI is InChI=1S/C15H23N3O2S/c1-21-10-2-8-18-9-5-13(14(19)11-18)17-15(20)12-3-6-16-7-4-12/h3-4,6-7,13-14,19H,2,5,8-11H2,1H3,(H,17,20)/t13-,14-/m1/s1. The summed E-state index contributed by atoms with van der Waals surface area (Å²) < 4.78 is 0. The number of aliphatic hydroxyl groups excluding tert-OH is 1. The van der Waals surface area contributed by atoms with Crippen LogP contribution in [-0.4, -0.2) is 64.7 Å². The van der Waals surface area contributed by atoms with E-state index in [0.717, 1.165) is 31.7 Å². The molecule has 2 atom stereocenters. The van der Waals surface area contributed by atoms with E-state index in [9.17, 15) is 9.90 Å². The Morgan fingerprint density at radius 3 is 2.95 bits per heavy atom. The van der Waals surface area contributed by atoms with Gasteiger partial charge in [-0.1, -0.05) is 0 Å². The molecule has 2 N–H and O–H groups in total. The molecule has 0 aromatic carbocycles. The molecule has 0 aliphatic carbocycles. The summed E-state index contributed by atoms with van der Waals surface area (Å²) in [7, 11) is 0. The van der Waals surface area contributed by atoms with E-state index < -0.39 is 6.10 Å². The molecule has 116 valence electrons. The topological polar surface area (TPSA) is 65.5 Å². The molecule has 1 aliphatic heterocycles. The Labute approximate surface area is 130 Å². The van der Waals surface area contributed by atoms with Gasteiger partial charge in [-0.3, -0.25) is 9.78 Å². The lowest BCUT2D eigenvalue weighted by atomic mass is 10.0. The first-order valence-electron chi connectivity index (χ1n) is 7.31. The number of amides is 1. The Morgan fingerprint density at radius 2 is 2.29 bits per heavy atom. The number of rotatable bonds is 6. The molecule has 2 rings (SSSR count). The second kappa shape index (κ2) is 8.36. The van der Waals surface area contributed by atoms with Crippen molar-refractivity contribution in [3.8, 4) is 0 Å². The van der Waals surface area contributed by atoms with E-state index in [4.69, 9.17) is 0 Å². The fourth-order valence-electron chi connectivity index (χ4n) is 2.56. The Balaban J connectivity index is 1.79. The number of aromatic nitrogens is 1. The van der Waals surface area contributed by atoms with Gasteiger partial charge in [0.25, 0.3) is 5.91 Å². The third-order valence-corrected chi connectivity index (χ3v) is 4.44. The monoisotopic (exact) mass is 309 g/mol. The summed E-state index contributed by atoms with van der Waals surface area (Å²) in [5.41, 5.74) is 0.583. The first-order chi connectivity index (χ1) is 10.2. The second-order valence-electron chi connectivity index (χ2n) is 5.32. The molecule has 0 unspecified atom stereocenters. The van der Waals surface area contributed by atoms with Crippen LogP contribution in [0.1, 0.15) is 23.2 Å². The van der Waals surface area contributed by atoms with Crippen LogP contribution in [0.2, 0.25) is 0 Å². The van der Waals surface area contributed by atoms with Crippen LogP contribution < -0.4 is 5.32 Å². The van der Waals surface area contributed by atoms with Gasteiger partial charge in [-0.25, -0.2) is 0 Å². The maximum absolute atomic E-state index is 12.1. The number of pyridine rings is 1. The zero-order valence-electron chi connectivity index (χ0n) is 12.4. The van der Waals surface area contributed by atoms with E-state index in [1.165, 1.54) is 0 Å². The van der Waals surface area contributed by atoms with E-state index in [0.29, 0.717) is 12.1 Å². The van der Waals surface area contributed by atoms with Crippen LogP contribution >= 0.6 is 11.8 Å². The molecule has 0 bridgehead atoms. The van der Waals surface area contributed by atoms with Gasteiger partial charge >= 0.3 is 0 Å². The number of β-amino-alcohol motifs (C(OH)–C–C–N with tert-alkyl or cyclic N) is 1. The number of hydrogen-bond donors (Lipinski definition) is 2. The van der Waals surface area contributed by atoms with Crippen LogP contribution in [0.25, 0.3) is 0 Å². The van der Waals surface area contributed by atoms with Crippen molar-refractivity contribution in [3.05, 3.63) is 30.1 Å². The fraction of sp³-hybridized carbons (Fsp3) is 0.600. The first-order valence-corrected chi connectivity index (χ1v) is 8.70. The highest BCUT2D eigenvalue weighted by Gasteiger charge is 2.28. The van der Waals surface area contributed by atoms with Crippen LogP contribution in [0.4, 0.5) is 0 Å². The average molecular weight is 309 g/mol. The van der Waals surface area contributed by atoms with E-state index in [-0.39, 0.29) is 11.9 Å². The minimum Gasteiger partial charge on any atom is -0.390 e. The molecule has 0 radical (unpaired) electrons. The van der Waals surface area contributed by atoms with Crippen molar-refractivity contribution in [3.63, 3.8) is 0 Å². The third kappa shape index (κ3) is 4.98. The molecule has 1 saturated heterocycles. The number of nitrogens with zero attached hydrogens (tertiary/aromatic N) is 2. The molecule has 1 aromatic heterocycles. The summed E-state index contributed by atoms with van der Waals surface area (Å²) in [5, 5.41) is 13.1. The van der Waals surface area contributed by atoms with Gasteiger partial charge < -0.3 is 15.3 Å². The van der Waals surface area contributed by atoms with Gasteiger partial charge in [0.1, 0.15) is 0 Å². The Bertz CT molecular complexity index is 444. The normalized spacial score (nSPS) is 23.0. The minimum atomic E-state index is -0.501. The first kappa shape index (κ1) is 16.3. The second-order valence-corrected chi connectivity index (χ2v) is 6.30. The van der Waals surface area contributed by atoms with Gasteiger partial charge in [0.2, 0.25) is 0 Å². The number of piperidine rings is 1. The maximum atomic E-state index is 12.1. The van der Waals surface area contributed by atoms with Crippen molar-refractivity contribution < 1.29 is 9.90 Å². The summed E-state index contributed by atoms with van der Waals surface area (Å²) in [4.78, 5) is 18.3. The van der Waals surface area contributed by atoms with Crippen molar-refractivity contribution in [2.75, 3.05) is 31.6 Å². The minimum absolute atomic E-state index is 0.141. The Kier molecular flexibility index (Phi) is 6.48. The molecule has 2 heterocycles. The fourth-order valence-corrected chi connectivity index (χ4v) is 2.97. The Morgan fingerprint density at radius 1 is 1.52 bits per heavy atom. The summed E-state index contributed by atoms with van der Waals surface area (Å²) >= 11 is 1.85. The molecule has 0 saturated carbocycles. The largest absolute Gasteiger partial charge is 0.390 e. The molecule has 0 spiro atoms. The summed E-state index contributed by atoms with van der Waals surface area (Å²) in [6.07, 6.45) is 6.73. The molecule has 1 fully saturated rings. The Hall–Kier alpha value is -1.11. The SMILES string of the molecule is CSCCCN1CC[C@@H](NC(=O)c2ccncc2)[C@H](O)C1. The van der Waals surface area contributed by atoms with Gasteiger partial charge in [-0.2, -0.15) is 11.8 Å². The van der Waals surface area contributed by atoms with Crippen molar-refractivity contribution in [1.29, 1.82) is 0 Å². The molecule has 1 amide bonds. The van der Waals surface area contributed by atoms with Gasteiger partial charge in [0.05, 0.1) is 12.1 Å². The van der Waals surface area contributed by atoms with E-state index in [2.05, 4.69) is 21.5 Å². The predicted molar refractivity (Wildman–Crippen MR) is 85.6 cm³/mol. The van der Waals surface area contributed by atoms with Gasteiger partial charge in [0.15, 0.2) is 0 Å². The number of likely N-dealkylation sites (tertiary alicyclic amines) is 1. The van der Waals surface area contributed by atoms with Gasteiger partial charge in [0, 0.05) is 31.0 Å². The highest BCUT2D eigenvalue weighted by atomic mass is 32.2. The lowest BCUT2D eigenvalue weighted by Gasteiger charge is -2.36. The summed E-state index contributed by atoms with van der Waals surface area (Å²) in [6, 6.07) is 3.20. The number of aliphatic hydroxyl groups is 1. The average Bonchev–Trinajstić information content (AvgIpc) is 2.51. The van der Waals surface area contributed by atoms with Gasteiger partial charge in [-0.05, 0) is 43.5 Å². The van der Waals surface area contributed by atoms with Crippen molar-refractivity contribution in [2.45, 2.75) is 25.0 Å². The molecule has 5 nitrogen and oxygen atoms in total. The lowest BCUT2D eigenvalue weighted by Crippen LogP contribution is -2.54. The summed E-state index contributed by atoms with van der Waals surface area (Å²) in [5.74, 6) is 1.01. The van der Waals surface area contributed by atoms with Crippen molar-refractivity contribution in [2.24, 2.45) is 0 Å². The zero-order valence-corrected chi connectivity index (χ0v) is 13.2. The van der Waals surface area contributed by atoms with E-state index >= 15 is 0 Å². The third-order valence-electron chi connectivity index (χ3n) is 3.75. The number of thioether (sulfide) groups is 1. The highest BCUT2D eigenvalue weighted by Crippen LogP contribution is 2.13. The molecular weight excluding hydrogens is 286 g/mol. The van der Waals surface area contributed by atoms with Crippen LogP contribution in [-0.2, 0) is 0 Å². The smallest absolute Gasteiger partial charge is 0.251 e. The molecule has 1 aromatic rings. The van der Waals surface area contributed by atoms with Crippen LogP contribution in [0, 0.1) is 0 Å². The van der Waals surface area contributed by atoms with E-state index in [1.54, 1.807) is 24.5 Å². The van der Waals surface area contributed by atoms with Crippen LogP contribution in [0.5, 0.6) is 0 Å². The van der Waals surface area contributed by atoms with Gasteiger partial charge in [-0.15, -0.1) is 0 Å².